The molecule has 0 aromatic rings. The number of ether oxygens (including phenoxy) is 1. The number of hydrogen-bond acceptors (Lipinski definition) is 3. The topological polar surface area (TPSA) is 52.3 Å². The highest BCUT2D eigenvalue weighted by molar-refractivity contribution is 5.90. The Balaban J connectivity index is 2.53. The lowest BCUT2D eigenvalue weighted by Gasteiger charge is -2.29. The standard InChI is InChI=1S/C11H21NO2/c1-3-6-11(2,12)10(13)9-5-4-7-14-8-9/h9H,3-8,12H2,1-2H3. The molecule has 0 radical (unpaired) electrons. The van der Waals surface area contributed by atoms with Crippen LogP contribution in [0.5, 0.6) is 0 Å². The van der Waals surface area contributed by atoms with Gasteiger partial charge in [0, 0.05) is 12.5 Å². The maximum absolute atomic E-state index is 12.0. The molecule has 82 valence electrons. The smallest absolute Gasteiger partial charge is 0.157 e. The molecule has 1 saturated heterocycles. The van der Waals surface area contributed by atoms with Gasteiger partial charge in [0.25, 0.3) is 0 Å². The van der Waals surface area contributed by atoms with Crippen LogP contribution >= 0.6 is 0 Å². The Hall–Kier alpha value is -0.410. The highest BCUT2D eigenvalue weighted by atomic mass is 16.5. The molecule has 0 bridgehead atoms. The molecule has 1 rings (SSSR count). The first-order valence-electron chi connectivity index (χ1n) is 5.49. The average molecular weight is 199 g/mol. The Labute approximate surface area is 86.0 Å². The molecule has 1 fully saturated rings. The van der Waals surface area contributed by atoms with E-state index in [0.29, 0.717) is 6.61 Å². The maximum Gasteiger partial charge on any atom is 0.157 e. The highest BCUT2D eigenvalue weighted by Gasteiger charge is 2.34. The van der Waals surface area contributed by atoms with Crippen LogP contribution in [0.1, 0.15) is 39.5 Å². The number of Topliss-reactive ketones (excluding diaryl/α,β-unsaturated/α-hetero) is 1. The van der Waals surface area contributed by atoms with E-state index in [-0.39, 0.29) is 11.7 Å². The van der Waals surface area contributed by atoms with Crippen LogP contribution in [-0.4, -0.2) is 24.5 Å². The molecule has 0 amide bonds. The summed E-state index contributed by atoms with van der Waals surface area (Å²) in [4.78, 5) is 12.0. The van der Waals surface area contributed by atoms with Crippen molar-refractivity contribution in [3.63, 3.8) is 0 Å². The third kappa shape index (κ3) is 2.79. The Morgan fingerprint density at radius 1 is 1.64 bits per heavy atom. The summed E-state index contributed by atoms with van der Waals surface area (Å²) >= 11 is 0. The molecule has 3 nitrogen and oxygen atoms in total. The summed E-state index contributed by atoms with van der Waals surface area (Å²) in [5.41, 5.74) is 5.34. The zero-order valence-corrected chi connectivity index (χ0v) is 9.21. The van der Waals surface area contributed by atoms with Crippen molar-refractivity contribution < 1.29 is 9.53 Å². The fraction of sp³-hybridized carbons (Fsp3) is 0.909. The van der Waals surface area contributed by atoms with Crippen LogP contribution < -0.4 is 5.73 Å². The molecule has 0 aromatic heterocycles. The van der Waals surface area contributed by atoms with Crippen molar-refractivity contribution in [1.29, 1.82) is 0 Å². The molecule has 0 saturated carbocycles. The molecule has 1 heterocycles. The minimum Gasteiger partial charge on any atom is -0.381 e. The van der Waals surface area contributed by atoms with Crippen LogP contribution in [0.25, 0.3) is 0 Å². The van der Waals surface area contributed by atoms with Gasteiger partial charge in [0.05, 0.1) is 12.1 Å². The van der Waals surface area contributed by atoms with Gasteiger partial charge in [-0.25, -0.2) is 0 Å². The molecule has 2 N–H and O–H groups in total. The zero-order valence-electron chi connectivity index (χ0n) is 9.21. The van der Waals surface area contributed by atoms with Crippen molar-refractivity contribution in [1.82, 2.24) is 0 Å². The zero-order chi connectivity index (χ0) is 10.6. The van der Waals surface area contributed by atoms with Crippen LogP contribution in [0.4, 0.5) is 0 Å². The Kier molecular flexibility index (Phi) is 4.08. The van der Waals surface area contributed by atoms with Crippen LogP contribution in [0.3, 0.4) is 0 Å². The van der Waals surface area contributed by atoms with E-state index in [2.05, 4.69) is 6.92 Å². The molecule has 0 aromatic carbocycles. The summed E-state index contributed by atoms with van der Waals surface area (Å²) in [7, 11) is 0. The first-order chi connectivity index (χ1) is 6.58. The Morgan fingerprint density at radius 3 is 2.86 bits per heavy atom. The number of hydrogen-bond donors (Lipinski definition) is 1. The lowest BCUT2D eigenvalue weighted by Crippen LogP contribution is -2.49. The fourth-order valence-electron chi connectivity index (χ4n) is 2.06. The molecule has 0 spiro atoms. The molecule has 0 aliphatic carbocycles. The van der Waals surface area contributed by atoms with Crippen molar-refractivity contribution >= 4 is 5.78 Å². The van der Waals surface area contributed by atoms with E-state index >= 15 is 0 Å². The average Bonchev–Trinajstić information content (AvgIpc) is 2.18. The number of nitrogens with two attached hydrogens (primary N) is 1. The van der Waals surface area contributed by atoms with Gasteiger partial charge in [-0.1, -0.05) is 13.3 Å². The molecule has 14 heavy (non-hydrogen) atoms. The monoisotopic (exact) mass is 199 g/mol. The second kappa shape index (κ2) is 4.89. The molecular weight excluding hydrogens is 178 g/mol. The lowest BCUT2D eigenvalue weighted by molar-refractivity contribution is -0.131. The molecule has 1 aliphatic rings. The maximum atomic E-state index is 12.0. The minimum atomic E-state index is -0.653. The normalized spacial score (nSPS) is 26.9. The van der Waals surface area contributed by atoms with Gasteiger partial charge >= 0.3 is 0 Å². The number of carbonyl (C=O) groups excluding carboxylic acids is 1. The van der Waals surface area contributed by atoms with E-state index in [9.17, 15) is 4.79 Å². The summed E-state index contributed by atoms with van der Waals surface area (Å²) in [5.74, 6) is 0.212. The van der Waals surface area contributed by atoms with E-state index in [0.717, 1.165) is 32.3 Å². The van der Waals surface area contributed by atoms with E-state index < -0.39 is 5.54 Å². The van der Waals surface area contributed by atoms with E-state index in [1.165, 1.54) is 0 Å². The summed E-state index contributed by atoms with van der Waals surface area (Å²) in [6.07, 6.45) is 3.64. The summed E-state index contributed by atoms with van der Waals surface area (Å²) in [6, 6.07) is 0. The molecular formula is C11H21NO2. The van der Waals surface area contributed by atoms with Gasteiger partial charge in [0.2, 0.25) is 0 Å². The van der Waals surface area contributed by atoms with E-state index in [1.54, 1.807) is 0 Å². The molecule has 2 atom stereocenters. The fourth-order valence-corrected chi connectivity index (χ4v) is 2.06. The van der Waals surface area contributed by atoms with Crippen LogP contribution in [0.15, 0.2) is 0 Å². The summed E-state index contributed by atoms with van der Waals surface area (Å²) in [6.45, 7) is 5.25. The number of ketones is 1. The van der Waals surface area contributed by atoms with Crippen LogP contribution in [-0.2, 0) is 9.53 Å². The number of carbonyl (C=O) groups is 1. The third-order valence-electron chi connectivity index (χ3n) is 2.86. The molecule has 2 unspecified atom stereocenters. The Bertz CT molecular complexity index is 195. The predicted molar refractivity (Wildman–Crippen MR) is 56.1 cm³/mol. The second-order valence-electron chi connectivity index (χ2n) is 4.45. The summed E-state index contributed by atoms with van der Waals surface area (Å²) < 4.78 is 5.30. The van der Waals surface area contributed by atoms with Gasteiger partial charge in [-0.15, -0.1) is 0 Å². The van der Waals surface area contributed by atoms with Gasteiger partial charge < -0.3 is 10.5 Å². The van der Waals surface area contributed by atoms with E-state index in [1.807, 2.05) is 6.92 Å². The van der Waals surface area contributed by atoms with E-state index in [4.69, 9.17) is 10.5 Å². The summed E-state index contributed by atoms with van der Waals surface area (Å²) in [5, 5.41) is 0. The number of rotatable bonds is 4. The van der Waals surface area contributed by atoms with Gasteiger partial charge in [-0.2, -0.15) is 0 Å². The first-order valence-corrected chi connectivity index (χ1v) is 5.49. The lowest BCUT2D eigenvalue weighted by atomic mass is 9.82. The van der Waals surface area contributed by atoms with Crippen molar-refractivity contribution in [3.8, 4) is 0 Å². The van der Waals surface area contributed by atoms with Crippen molar-refractivity contribution in [2.45, 2.75) is 45.1 Å². The van der Waals surface area contributed by atoms with Crippen LogP contribution in [0, 0.1) is 5.92 Å². The Morgan fingerprint density at radius 2 is 2.36 bits per heavy atom. The SMILES string of the molecule is CCCC(C)(N)C(=O)C1CCCOC1. The van der Waals surface area contributed by atoms with Crippen molar-refractivity contribution in [3.05, 3.63) is 0 Å². The minimum absolute atomic E-state index is 0.0327. The van der Waals surface area contributed by atoms with Gasteiger partial charge in [-0.3, -0.25) is 4.79 Å². The van der Waals surface area contributed by atoms with Gasteiger partial charge in [0.1, 0.15) is 0 Å². The molecule has 3 heteroatoms. The third-order valence-corrected chi connectivity index (χ3v) is 2.86. The predicted octanol–water partition coefficient (Wildman–Crippen LogP) is 1.50. The van der Waals surface area contributed by atoms with Crippen molar-refractivity contribution in [2.75, 3.05) is 13.2 Å². The van der Waals surface area contributed by atoms with Crippen molar-refractivity contribution in [2.24, 2.45) is 11.7 Å². The van der Waals surface area contributed by atoms with Gasteiger partial charge in [-0.05, 0) is 26.2 Å². The quantitative estimate of drug-likeness (QED) is 0.746. The first kappa shape index (κ1) is 11.7. The van der Waals surface area contributed by atoms with Crippen LogP contribution in [0.2, 0.25) is 0 Å². The highest BCUT2D eigenvalue weighted by Crippen LogP contribution is 2.22. The largest absolute Gasteiger partial charge is 0.381 e. The van der Waals surface area contributed by atoms with Gasteiger partial charge in [0.15, 0.2) is 5.78 Å². The molecule has 1 aliphatic heterocycles. The second-order valence-corrected chi connectivity index (χ2v) is 4.45.